The summed E-state index contributed by atoms with van der Waals surface area (Å²) in [7, 11) is 0. The lowest BCUT2D eigenvalue weighted by Gasteiger charge is -2.16. The highest BCUT2D eigenvalue weighted by Crippen LogP contribution is 2.21. The average Bonchev–Trinajstić information content (AvgIpc) is 2.58. The minimum absolute atomic E-state index is 0.0108. The van der Waals surface area contributed by atoms with Crippen LogP contribution in [-0.4, -0.2) is 18.5 Å². The number of hydrogen-bond donors (Lipinski definition) is 1. The molecule has 2 N–H and O–H groups in total. The summed E-state index contributed by atoms with van der Waals surface area (Å²) in [4.78, 5) is 13.4. The van der Waals surface area contributed by atoms with E-state index < -0.39 is 0 Å². The molecular formula is C12H16N2O. The van der Waals surface area contributed by atoms with Gasteiger partial charge in [-0.2, -0.15) is 0 Å². The van der Waals surface area contributed by atoms with Gasteiger partial charge in [-0.3, -0.25) is 4.79 Å². The van der Waals surface area contributed by atoms with Crippen LogP contribution in [0.25, 0.3) is 0 Å². The highest BCUT2D eigenvalue weighted by Gasteiger charge is 2.27. The molecule has 0 aromatic heterocycles. The summed E-state index contributed by atoms with van der Waals surface area (Å²) in [5.74, 6) is 0.131. The van der Waals surface area contributed by atoms with E-state index in [1.165, 1.54) is 5.56 Å². The van der Waals surface area contributed by atoms with Gasteiger partial charge < -0.3 is 10.6 Å². The van der Waals surface area contributed by atoms with Gasteiger partial charge in [0.15, 0.2) is 0 Å². The zero-order chi connectivity index (χ0) is 10.8. The predicted octanol–water partition coefficient (Wildman–Crippen LogP) is 1.31. The van der Waals surface area contributed by atoms with Crippen molar-refractivity contribution in [1.82, 2.24) is 0 Å². The zero-order valence-corrected chi connectivity index (χ0v) is 8.94. The van der Waals surface area contributed by atoms with Crippen LogP contribution in [0.2, 0.25) is 0 Å². The Hall–Kier alpha value is -1.35. The van der Waals surface area contributed by atoms with Gasteiger partial charge in [-0.1, -0.05) is 19.1 Å². The van der Waals surface area contributed by atoms with Gasteiger partial charge in [0.2, 0.25) is 5.91 Å². The first kappa shape index (κ1) is 10.2. The molecule has 0 spiro atoms. The van der Waals surface area contributed by atoms with Crippen LogP contribution in [0.1, 0.15) is 18.9 Å². The molecule has 1 aromatic rings. The van der Waals surface area contributed by atoms with Crippen LogP contribution < -0.4 is 10.6 Å². The molecule has 1 aliphatic rings. The van der Waals surface area contributed by atoms with Gasteiger partial charge in [-0.15, -0.1) is 0 Å². The molecule has 0 aliphatic carbocycles. The number of rotatable bonds is 2. The van der Waals surface area contributed by atoms with Gasteiger partial charge >= 0.3 is 0 Å². The number of anilines is 1. The van der Waals surface area contributed by atoms with Crippen molar-refractivity contribution in [2.24, 2.45) is 5.73 Å². The number of carbonyl (C=O) groups excluding carboxylic acids is 1. The Kier molecular flexibility index (Phi) is 2.73. The Morgan fingerprint density at radius 1 is 1.40 bits per heavy atom. The first-order valence-corrected chi connectivity index (χ1v) is 5.35. The minimum Gasteiger partial charge on any atom is -0.326 e. The maximum Gasteiger partial charge on any atom is 0.228 e. The highest BCUT2D eigenvalue weighted by atomic mass is 16.2. The van der Waals surface area contributed by atoms with Crippen LogP contribution in [0.15, 0.2) is 24.3 Å². The van der Waals surface area contributed by atoms with Gasteiger partial charge in [0, 0.05) is 24.7 Å². The summed E-state index contributed by atoms with van der Waals surface area (Å²) >= 11 is 0. The van der Waals surface area contributed by atoms with Crippen molar-refractivity contribution >= 4 is 11.6 Å². The van der Waals surface area contributed by atoms with Crippen LogP contribution in [0.4, 0.5) is 5.69 Å². The Labute approximate surface area is 89.9 Å². The van der Waals surface area contributed by atoms with E-state index in [9.17, 15) is 4.79 Å². The van der Waals surface area contributed by atoms with E-state index in [0.717, 1.165) is 12.1 Å². The Morgan fingerprint density at radius 3 is 2.53 bits per heavy atom. The first-order valence-electron chi connectivity index (χ1n) is 5.35. The number of benzene rings is 1. The van der Waals surface area contributed by atoms with E-state index in [4.69, 9.17) is 5.73 Å². The normalized spacial score (nSPS) is 21.1. The molecule has 1 heterocycles. The molecular weight excluding hydrogens is 188 g/mol. The van der Waals surface area contributed by atoms with E-state index in [1.54, 1.807) is 4.90 Å². The molecule has 0 saturated carbocycles. The standard InChI is InChI=1S/C12H16N2O/c1-2-9-3-5-11(6-4-9)14-8-10(13)7-12(14)15/h3-6,10H,2,7-8,13H2,1H3. The van der Waals surface area contributed by atoms with Gasteiger partial charge in [-0.25, -0.2) is 0 Å². The molecule has 1 fully saturated rings. The van der Waals surface area contributed by atoms with E-state index in [0.29, 0.717) is 13.0 Å². The van der Waals surface area contributed by atoms with E-state index >= 15 is 0 Å². The summed E-state index contributed by atoms with van der Waals surface area (Å²) in [5.41, 5.74) is 8.00. The maximum absolute atomic E-state index is 11.6. The lowest BCUT2D eigenvalue weighted by Crippen LogP contribution is -2.27. The van der Waals surface area contributed by atoms with E-state index in [-0.39, 0.29) is 11.9 Å². The summed E-state index contributed by atoms with van der Waals surface area (Å²) in [5, 5.41) is 0. The van der Waals surface area contributed by atoms with E-state index in [2.05, 4.69) is 19.1 Å². The maximum atomic E-state index is 11.6. The van der Waals surface area contributed by atoms with Crippen LogP contribution in [0, 0.1) is 0 Å². The number of carbonyl (C=O) groups is 1. The minimum atomic E-state index is -0.0108. The highest BCUT2D eigenvalue weighted by molar-refractivity contribution is 5.96. The predicted molar refractivity (Wildman–Crippen MR) is 60.8 cm³/mol. The fraction of sp³-hybridized carbons (Fsp3) is 0.417. The monoisotopic (exact) mass is 204 g/mol. The molecule has 0 bridgehead atoms. The number of nitrogens with two attached hydrogens (primary N) is 1. The largest absolute Gasteiger partial charge is 0.326 e. The Morgan fingerprint density at radius 2 is 2.07 bits per heavy atom. The molecule has 15 heavy (non-hydrogen) atoms. The molecule has 1 saturated heterocycles. The van der Waals surface area contributed by atoms with Crippen molar-refractivity contribution < 1.29 is 4.79 Å². The second kappa shape index (κ2) is 4.03. The molecule has 80 valence electrons. The van der Waals surface area contributed by atoms with Crippen molar-refractivity contribution in [2.75, 3.05) is 11.4 Å². The fourth-order valence-corrected chi connectivity index (χ4v) is 1.90. The number of hydrogen-bond acceptors (Lipinski definition) is 2. The second-order valence-electron chi connectivity index (χ2n) is 3.99. The Bertz CT molecular complexity index is 358. The molecule has 3 heteroatoms. The van der Waals surface area contributed by atoms with Crippen LogP contribution in [0.3, 0.4) is 0 Å². The van der Waals surface area contributed by atoms with Gasteiger partial charge in [-0.05, 0) is 24.1 Å². The number of aryl methyl sites for hydroxylation is 1. The molecule has 1 aliphatic heterocycles. The van der Waals surface area contributed by atoms with Crippen molar-refractivity contribution in [1.29, 1.82) is 0 Å². The molecule has 1 amide bonds. The van der Waals surface area contributed by atoms with Crippen LogP contribution in [0.5, 0.6) is 0 Å². The molecule has 2 rings (SSSR count). The third-order valence-electron chi connectivity index (χ3n) is 2.81. The van der Waals surface area contributed by atoms with Crippen molar-refractivity contribution in [3.8, 4) is 0 Å². The molecule has 0 radical (unpaired) electrons. The van der Waals surface area contributed by atoms with Gasteiger partial charge in [0.1, 0.15) is 0 Å². The second-order valence-corrected chi connectivity index (χ2v) is 3.99. The average molecular weight is 204 g/mol. The number of amides is 1. The summed E-state index contributed by atoms with van der Waals surface area (Å²) in [6.07, 6.45) is 1.49. The molecule has 1 atom stereocenters. The van der Waals surface area contributed by atoms with Crippen molar-refractivity contribution in [3.63, 3.8) is 0 Å². The zero-order valence-electron chi connectivity index (χ0n) is 8.94. The number of nitrogens with zero attached hydrogens (tertiary/aromatic N) is 1. The third kappa shape index (κ3) is 2.02. The van der Waals surface area contributed by atoms with Crippen molar-refractivity contribution in [3.05, 3.63) is 29.8 Å². The molecule has 3 nitrogen and oxygen atoms in total. The first-order chi connectivity index (χ1) is 7.20. The Balaban J connectivity index is 2.19. The summed E-state index contributed by atoms with van der Waals surface area (Å²) in [6.45, 7) is 2.76. The molecule has 1 unspecified atom stereocenters. The lowest BCUT2D eigenvalue weighted by atomic mass is 10.1. The third-order valence-corrected chi connectivity index (χ3v) is 2.81. The SMILES string of the molecule is CCc1ccc(N2CC(N)CC2=O)cc1. The van der Waals surface area contributed by atoms with Crippen LogP contribution in [-0.2, 0) is 11.2 Å². The topological polar surface area (TPSA) is 46.3 Å². The smallest absolute Gasteiger partial charge is 0.228 e. The molecule has 1 aromatic carbocycles. The van der Waals surface area contributed by atoms with E-state index in [1.807, 2.05) is 12.1 Å². The van der Waals surface area contributed by atoms with Gasteiger partial charge in [0.25, 0.3) is 0 Å². The quantitative estimate of drug-likeness (QED) is 0.789. The summed E-state index contributed by atoms with van der Waals surface area (Å²) < 4.78 is 0. The van der Waals surface area contributed by atoms with Crippen molar-refractivity contribution in [2.45, 2.75) is 25.8 Å². The van der Waals surface area contributed by atoms with Gasteiger partial charge in [0.05, 0.1) is 0 Å². The van der Waals surface area contributed by atoms with Crippen LogP contribution >= 0.6 is 0 Å². The lowest BCUT2D eigenvalue weighted by molar-refractivity contribution is -0.117. The summed E-state index contributed by atoms with van der Waals surface area (Å²) in [6, 6.07) is 8.10. The fourth-order valence-electron chi connectivity index (χ4n) is 1.90.